The Morgan fingerprint density at radius 3 is 2.53 bits per heavy atom. The fourth-order valence-electron chi connectivity index (χ4n) is 1.60. The highest BCUT2D eigenvalue weighted by atomic mass is 79.9. The zero-order chi connectivity index (χ0) is 13.0. The Morgan fingerprint density at radius 2 is 2.06 bits per heavy atom. The van der Waals surface area contributed by atoms with Crippen molar-refractivity contribution in [2.75, 3.05) is 0 Å². The minimum absolute atomic E-state index is 0.0726. The average Bonchev–Trinajstić information content (AvgIpc) is 2.27. The van der Waals surface area contributed by atoms with Gasteiger partial charge in [-0.25, -0.2) is 0 Å². The Balaban J connectivity index is 3.20. The van der Waals surface area contributed by atoms with Crippen LogP contribution in [0.4, 0.5) is 0 Å². The first kappa shape index (κ1) is 13.9. The van der Waals surface area contributed by atoms with Crippen LogP contribution in [0, 0.1) is 0 Å². The molecular formula is C13H15BrO3. The Bertz CT molecular complexity index is 438. The number of hydrogen-bond acceptors (Lipinski definition) is 2. The number of ketones is 1. The number of carboxylic acids is 1. The molecule has 0 aromatic heterocycles. The van der Waals surface area contributed by atoms with E-state index in [-0.39, 0.29) is 17.0 Å². The molecule has 1 atom stereocenters. The summed E-state index contributed by atoms with van der Waals surface area (Å²) in [5, 5.41) is 8.82. The van der Waals surface area contributed by atoms with Gasteiger partial charge < -0.3 is 5.11 Å². The first-order valence-corrected chi connectivity index (χ1v) is 6.39. The van der Waals surface area contributed by atoms with Gasteiger partial charge in [-0.05, 0) is 30.5 Å². The highest BCUT2D eigenvalue weighted by molar-refractivity contribution is 9.10. The van der Waals surface area contributed by atoms with E-state index in [1.807, 2.05) is 13.0 Å². The molecule has 0 fully saturated rings. The maximum atomic E-state index is 12.0. The second-order valence-corrected chi connectivity index (χ2v) is 5.27. The van der Waals surface area contributed by atoms with Gasteiger partial charge in [0.2, 0.25) is 0 Å². The van der Waals surface area contributed by atoms with Crippen molar-refractivity contribution in [1.82, 2.24) is 0 Å². The smallest absolute Gasteiger partial charge is 0.307 e. The molecule has 0 saturated heterocycles. The van der Waals surface area contributed by atoms with E-state index in [1.165, 1.54) is 0 Å². The highest BCUT2D eigenvalue weighted by Crippen LogP contribution is 2.18. The highest BCUT2D eigenvalue weighted by Gasteiger charge is 2.17. The molecule has 0 aliphatic carbocycles. The summed E-state index contributed by atoms with van der Waals surface area (Å²) in [6, 6.07) is 5.39. The van der Waals surface area contributed by atoms with Crippen molar-refractivity contribution in [3.63, 3.8) is 0 Å². The van der Waals surface area contributed by atoms with Crippen LogP contribution >= 0.6 is 15.9 Å². The van der Waals surface area contributed by atoms with Crippen LogP contribution in [0.3, 0.4) is 0 Å². The maximum absolute atomic E-state index is 12.0. The molecule has 1 aromatic rings. The monoisotopic (exact) mass is 298 g/mol. The zero-order valence-corrected chi connectivity index (χ0v) is 11.5. The van der Waals surface area contributed by atoms with E-state index in [2.05, 4.69) is 15.9 Å². The largest absolute Gasteiger partial charge is 0.481 e. The average molecular weight is 299 g/mol. The fourth-order valence-corrected chi connectivity index (χ4v) is 1.85. The van der Waals surface area contributed by atoms with Crippen molar-refractivity contribution in [3.8, 4) is 0 Å². The van der Waals surface area contributed by atoms with Crippen LogP contribution in [0.15, 0.2) is 18.2 Å². The van der Waals surface area contributed by atoms with Gasteiger partial charge in [0.05, 0.1) is 11.2 Å². The van der Waals surface area contributed by atoms with Crippen molar-refractivity contribution in [3.05, 3.63) is 34.9 Å². The van der Waals surface area contributed by atoms with Crippen LogP contribution in [0.1, 0.15) is 35.3 Å². The van der Waals surface area contributed by atoms with Crippen molar-refractivity contribution in [1.29, 1.82) is 0 Å². The minimum atomic E-state index is -0.925. The minimum Gasteiger partial charge on any atom is -0.481 e. The second-order valence-electron chi connectivity index (χ2n) is 3.90. The van der Waals surface area contributed by atoms with E-state index in [9.17, 15) is 9.59 Å². The number of halogens is 1. The molecular weight excluding hydrogens is 284 g/mol. The van der Waals surface area contributed by atoms with Gasteiger partial charge in [-0.2, -0.15) is 0 Å². The standard InChI is InChI=1S/C13H15BrO3/c1-3-9-4-5-10(7-12(15)16)11(6-9)13(17)8(2)14/h4-6,8H,3,7H2,1-2H3,(H,15,16). The van der Waals surface area contributed by atoms with E-state index >= 15 is 0 Å². The molecule has 0 aliphatic heterocycles. The topological polar surface area (TPSA) is 54.4 Å². The normalized spacial score (nSPS) is 12.2. The Labute approximate surface area is 109 Å². The van der Waals surface area contributed by atoms with Crippen molar-refractivity contribution >= 4 is 27.7 Å². The van der Waals surface area contributed by atoms with Gasteiger partial charge in [-0.3, -0.25) is 9.59 Å². The summed E-state index contributed by atoms with van der Waals surface area (Å²) in [6.45, 7) is 3.74. The molecule has 1 aromatic carbocycles. The molecule has 1 rings (SSSR count). The lowest BCUT2D eigenvalue weighted by Gasteiger charge is -2.10. The molecule has 4 heteroatoms. The van der Waals surface area contributed by atoms with Crippen molar-refractivity contribution < 1.29 is 14.7 Å². The third-order valence-corrected chi connectivity index (χ3v) is 2.97. The number of aryl methyl sites for hydroxylation is 1. The molecule has 0 bridgehead atoms. The van der Waals surface area contributed by atoms with Gasteiger partial charge in [0.25, 0.3) is 0 Å². The molecule has 0 heterocycles. The van der Waals surface area contributed by atoms with E-state index < -0.39 is 5.97 Å². The van der Waals surface area contributed by atoms with E-state index in [0.29, 0.717) is 11.1 Å². The van der Waals surface area contributed by atoms with Gasteiger partial charge in [0.15, 0.2) is 5.78 Å². The van der Waals surface area contributed by atoms with Crippen LogP contribution in [0.25, 0.3) is 0 Å². The first-order valence-electron chi connectivity index (χ1n) is 5.47. The summed E-state index contributed by atoms with van der Waals surface area (Å²) in [6.07, 6.45) is 0.703. The molecule has 1 unspecified atom stereocenters. The first-order chi connectivity index (χ1) is 7.95. The third-order valence-electron chi connectivity index (χ3n) is 2.55. The van der Waals surface area contributed by atoms with Crippen LogP contribution < -0.4 is 0 Å². The number of carboxylic acid groups (broad SMARTS) is 1. The Morgan fingerprint density at radius 1 is 1.41 bits per heavy atom. The number of benzene rings is 1. The summed E-state index contributed by atoms with van der Waals surface area (Å²) in [5.41, 5.74) is 2.12. The Kier molecular flexibility index (Phi) is 4.87. The summed E-state index contributed by atoms with van der Waals surface area (Å²) >= 11 is 3.23. The van der Waals surface area contributed by atoms with E-state index in [0.717, 1.165) is 12.0 Å². The molecule has 92 valence electrons. The lowest BCUT2D eigenvalue weighted by molar-refractivity contribution is -0.136. The lowest BCUT2D eigenvalue weighted by Crippen LogP contribution is -2.15. The predicted octanol–water partition coefficient (Wildman–Crippen LogP) is 2.84. The molecule has 0 radical (unpaired) electrons. The van der Waals surface area contributed by atoms with Crippen molar-refractivity contribution in [2.45, 2.75) is 31.5 Å². The molecule has 0 aliphatic rings. The number of hydrogen-bond donors (Lipinski definition) is 1. The second kappa shape index (κ2) is 5.96. The number of Topliss-reactive ketones (excluding diaryl/α,β-unsaturated/α-hetero) is 1. The summed E-state index contributed by atoms with van der Waals surface area (Å²) < 4.78 is 0. The molecule has 1 N–H and O–H groups in total. The third kappa shape index (κ3) is 3.66. The Hall–Kier alpha value is -1.16. The molecule has 17 heavy (non-hydrogen) atoms. The van der Waals surface area contributed by atoms with Gasteiger partial charge in [-0.1, -0.05) is 35.0 Å². The number of carbonyl (C=O) groups is 2. The summed E-state index contributed by atoms with van der Waals surface area (Å²) in [5.74, 6) is -0.998. The van der Waals surface area contributed by atoms with Crippen LogP contribution in [-0.2, 0) is 17.6 Å². The molecule has 0 spiro atoms. The van der Waals surface area contributed by atoms with Crippen LogP contribution in [-0.4, -0.2) is 21.7 Å². The molecule has 0 amide bonds. The maximum Gasteiger partial charge on any atom is 0.307 e. The number of alkyl halides is 1. The van der Waals surface area contributed by atoms with E-state index in [4.69, 9.17) is 5.11 Å². The fraction of sp³-hybridized carbons (Fsp3) is 0.385. The van der Waals surface area contributed by atoms with Crippen LogP contribution in [0.5, 0.6) is 0 Å². The number of rotatable bonds is 5. The lowest BCUT2D eigenvalue weighted by atomic mass is 9.96. The van der Waals surface area contributed by atoms with E-state index in [1.54, 1.807) is 19.1 Å². The summed E-state index contributed by atoms with van der Waals surface area (Å²) in [7, 11) is 0. The van der Waals surface area contributed by atoms with Gasteiger partial charge in [-0.15, -0.1) is 0 Å². The summed E-state index contributed by atoms with van der Waals surface area (Å²) in [4.78, 5) is 22.4. The molecule has 3 nitrogen and oxygen atoms in total. The number of aliphatic carboxylic acids is 1. The predicted molar refractivity (Wildman–Crippen MR) is 69.9 cm³/mol. The quantitative estimate of drug-likeness (QED) is 0.672. The molecule has 0 saturated carbocycles. The zero-order valence-electron chi connectivity index (χ0n) is 9.87. The van der Waals surface area contributed by atoms with Crippen molar-refractivity contribution in [2.24, 2.45) is 0 Å². The number of carbonyl (C=O) groups excluding carboxylic acids is 1. The van der Waals surface area contributed by atoms with Gasteiger partial charge in [0.1, 0.15) is 0 Å². The van der Waals surface area contributed by atoms with Gasteiger partial charge >= 0.3 is 5.97 Å². The van der Waals surface area contributed by atoms with Gasteiger partial charge in [0, 0.05) is 5.56 Å². The van der Waals surface area contributed by atoms with Crippen LogP contribution in [0.2, 0.25) is 0 Å². The SMILES string of the molecule is CCc1ccc(CC(=O)O)c(C(=O)C(C)Br)c1.